The summed E-state index contributed by atoms with van der Waals surface area (Å²) < 4.78 is 5.55. The second-order valence-corrected chi connectivity index (χ2v) is 4.98. The van der Waals surface area contributed by atoms with Crippen molar-refractivity contribution in [3.8, 4) is 5.75 Å². The molecule has 0 spiro atoms. The Bertz CT molecular complexity index is 416. The number of ether oxygens (including phenoxy) is 1. The number of amides is 1. The Hall–Kier alpha value is -1.55. The average molecular weight is 263 g/mol. The molecule has 1 heterocycles. The van der Waals surface area contributed by atoms with Gasteiger partial charge in [-0.25, -0.2) is 0 Å². The van der Waals surface area contributed by atoms with E-state index in [1.54, 1.807) is 4.90 Å². The lowest BCUT2D eigenvalue weighted by Gasteiger charge is -2.23. The van der Waals surface area contributed by atoms with Crippen molar-refractivity contribution in [2.75, 3.05) is 19.8 Å². The Balaban J connectivity index is 1.76. The molecule has 1 atom stereocenters. The highest BCUT2D eigenvalue weighted by atomic mass is 16.5. The van der Waals surface area contributed by atoms with Crippen LogP contribution in [0.4, 0.5) is 0 Å². The third-order valence-electron chi connectivity index (χ3n) is 3.51. The first-order valence-corrected chi connectivity index (χ1v) is 6.80. The topological polar surface area (TPSA) is 49.8 Å². The SMILES string of the molecule is Cc1ccc(OCCC(=O)N2CCCC2CO)cc1. The highest BCUT2D eigenvalue weighted by Crippen LogP contribution is 2.18. The molecule has 2 rings (SSSR count). The molecule has 1 aromatic rings. The van der Waals surface area contributed by atoms with Gasteiger partial charge < -0.3 is 14.7 Å². The third kappa shape index (κ3) is 3.70. The highest BCUT2D eigenvalue weighted by molar-refractivity contribution is 5.77. The maximum atomic E-state index is 12.0. The van der Waals surface area contributed by atoms with Gasteiger partial charge in [0.1, 0.15) is 5.75 Å². The molecule has 0 bridgehead atoms. The lowest BCUT2D eigenvalue weighted by atomic mass is 10.2. The van der Waals surface area contributed by atoms with Gasteiger partial charge in [0.05, 0.1) is 25.7 Å². The number of hydrogen-bond acceptors (Lipinski definition) is 3. The van der Waals surface area contributed by atoms with Crippen LogP contribution in [0.3, 0.4) is 0 Å². The van der Waals surface area contributed by atoms with E-state index in [0.29, 0.717) is 13.0 Å². The maximum absolute atomic E-state index is 12.0. The fourth-order valence-electron chi connectivity index (χ4n) is 2.39. The van der Waals surface area contributed by atoms with Crippen LogP contribution in [0.5, 0.6) is 5.75 Å². The number of hydrogen-bond donors (Lipinski definition) is 1. The Labute approximate surface area is 114 Å². The first-order valence-electron chi connectivity index (χ1n) is 6.80. The summed E-state index contributed by atoms with van der Waals surface area (Å²) >= 11 is 0. The number of carbonyl (C=O) groups excluding carboxylic acids is 1. The van der Waals surface area contributed by atoms with Crippen LogP contribution >= 0.6 is 0 Å². The van der Waals surface area contributed by atoms with Gasteiger partial charge in [0.25, 0.3) is 0 Å². The van der Waals surface area contributed by atoms with Crippen molar-refractivity contribution in [2.45, 2.75) is 32.2 Å². The molecule has 0 saturated carbocycles. The number of carbonyl (C=O) groups is 1. The summed E-state index contributed by atoms with van der Waals surface area (Å²) in [7, 11) is 0. The average Bonchev–Trinajstić information content (AvgIpc) is 2.89. The number of aryl methyl sites for hydroxylation is 1. The zero-order valence-electron chi connectivity index (χ0n) is 11.3. The van der Waals surface area contributed by atoms with E-state index >= 15 is 0 Å². The summed E-state index contributed by atoms with van der Waals surface area (Å²) in [6.07, 6.45) is 2.25. The first kappa shape index (κ1) is 13.9. The Kier molecular flexibility index (Phi) is 4.80. The summed E-state index contributed by atoms with van der Waals surface area (Å²) in [6.45, 7) is 3.23. The fourth-order valence-corrected chi connectivity index (χ4v) is 2.39. The molecule has 4 heteroatoms. The summed E-state index contributed by atoms with van der Waals surface area (Å²) in [5.41, 5.74) is 1.19. The van der Waals surface area contributed by atoms with Gasteiger partial charge in [0.2, 0.25) is 5.91 Å². The first-order chi connectivity index (χ1) is 9.20. The molecule has 104 valence electrons. The van der Waals surface area contributed by atoms with Crippen LogP contribution in [-0.4, -0.2) is 41.7 Å². The standard InChI is InChI=1S/C15H21NO3/c1-12-4-6-14(7-5-12)19-10-8-15(18)16-9-2-3-13(16)11-17/h4-7,13,17H,2-3,8-11H2,1H3. The molecule has 4 nitrogen and oxygen atoms in total. The fraction of sp³-hybridized carbons (Fsp3) is 0.533. The summed E-state index contributed by atoms with van der Waals surface area (Å²) in [5.74, 6) is 0.863. The zero-order chi connectivity index (χ0) is 13.7. The number of benzene rings is 1. The predicted octanol–water partition coefficient (Wildman–Crippen LogP) is 1.75. The molecule has 0 aliphatic carbocycles. The van der Waals surface area contributed by atoms with Crippen molar-refractivity contribution in [1.29, 1.82) is 0 Å². The van der Waals surface area contributed by atoms with E-state index in [4.69, 9.17) is 4.74 Å². The molecule has 0 radical (unpaired) electrons. The van der Waals surface area contributed by atoms with E-state index in [0.717, 1.165) is 25.1 Å². The predicted molar refractivity (Wildman–Crippen MR) is 73.1 cm³/mol. The zero-order valence-corrected chi connectivity index (χ0v) is 11.3. The molecule has 1 amide bonds. The Morgan fingerprint density at radius 1 is 1.42 bits per heavy atom. The Morgan fingerprint density at radius 3 is 2.84 bits per heavy atom. The molecule has 1 unspecified atom stereocenters. The summed E-state index contributed by atoms with van der Waals surface area (Å²) in [6, 6.07) is 7.80. The van der Waals surface area contributed by atoms with Crippen molar-refractivity contribution in [3.05, 3.63) is 29.8 Å². The van der Waals surface area contributed by atoms with E-state index in [1.165, 1.54) is 5.56 Å². The minimum atomic E-state index is 0.00637. The smallest absolute Gasteiger partial charge is 0.226 e. The lowest BCUT2D eigenvalue weighted by molar-refractivity contribution is -0.133. The van der Waals surface area contributed by atoms with Crippen molar-refractivity contribution >= 4 is 5.91 Å². The van der Waals surface area contributed by atoms with Crippen LogP contribution < -0.4 is 4.74 Å². The van der Waals surface area contributed by atoms with Crippen molar-refractivity contribution in [1.82, 2.24) is 4.90 Å². The molecular formula is C15H21NO3. The number of likely N-dealkylation sites (tertiary alicyclic amines) is 1. The second kappa shape index (κ2) is 6.57. The maximum Gasteiger partial charge on any atom is 0.226 e. The quantitative estimate of drug-likeness (QED) is 0.880. The van der Waals surface area contributed by atoms with Gasteiger partial charge in [-0.1, -0.05) is 17.7 Å². The van der Waals surface area contributed by atoms with Crippen molar-refractivity contribution < 1.29 is 14.6 Å². The van der Waals surface area contributed by atoms with E-state index in [9.17, 15) is 9.90 Å². The summed E-state index contributed by atoms with van der Waals surface area (Å²) in [5, 5.41) is 9.19. The Morgan fingerprint density at radius 2 is 2.16 bits per heavy atom. The molecule has 1 aliphatic rings. The van der Waals surface area contributed by atoms with Gasteiger partial charge in [-0.2, -0.15) is 0 Å². The van der Waals surface area contributed by atoms with Crippen molar-refractivity contribution in [2.24, 2.45) is 0 Å². The van der Waals surface area contributed by atoms with E-state index in [1.807, 2.05) is 31.2 Å². The minimum Gasteiger partial charge on any atom is -0.493 e. The highest BCUT2D eigenvalue weighted by Gasteiger charge is 2.27. The lowest BCUT2D eigenvalue weighted by Crippen LogP contribution is -2.38. The molecule has 19 heavy (non-hydrogen) atoms. The van der Waals surface area contributed by atoms with Gasteiger partial charge in [-0.05, 0) is 31.9 Å². The number of nitrogens with zero attached hydrogens (tertiary/aromatic N) is 1. The van der Waals surface area contributed by atoms with Crippen LogP contribution in [0, 0.1) is 6.92 Å². The second-order valence-electron chi connectivity index (χ2n) is 4.98. The number of rotatable bonds is 5. The monoisotopic (exact) mass is 263 g/mol. The number of aliphatic hydroxyl groups excluding tert-OH is 1. The molecule has 1 fully saturated rings. The van der Waals surface area contributed by atoms with Crippen LogP contribution in [0.2, 0.25) is 0 Å². The van der Waals surface area contributed by atoms with Crippen LogP contribution in [0.15, 0.2) is 24.3 Å². The van der Waals surface area contributed by atoms with Crippen LogP contribution in [-0.2, 0) is 4.79 Å². The van der Waals surface area contributed by atoms with E-state index in [2.05, 4.69) is 0 Å². The third-order valence-corrected chi connectivity index (χ3v) is 3.51. The van der Waals surface area contributed by atoms with Crippen molar-refractivity contribution in [3.63, 3.8) is 0 Å². The molecule has 1 aromatic carbocycles. The normalized spacial score (nSPS) is 18.6. The van der Waals surface area contributed by atoms with Gasteiger partial charge in [-0.3, -0.25) is 4.79 Å². The van der Waals surface area contributed by atoms with Crippen LogP contribution in [0.25, 0.3) is 0 Å². The van der Waals surface area contributed by atoms with E-state index < -0.39 is 0 Å². The summed E-state index contributed by atoms with van der Waals surface area (Å²) in [4.78, 5) is 13.8. The minimum absolute atomic E-state index is 0.00637. The molecule has 1 aliphatic heterocycles. The molecule has 0 aromatic heterocycles. The molecule has 1 N–H and O–H groups in total. The molecular weight excluding hydrogens is 242 g/mol. The van der Waals surface area contributed by atoms with E-state index in [-0.39, 0.29) is 18.6 Å². The largest absolute Gasteiger partial charge is 0.493 e. The van der Waals surface area contributed by atoms with Gasteiger partial charge >= 0.3 is 0 Å². The van der Waals surface area contributed by atoms with Gasteiger partial charge in [-0.15, -0.1) is 0 Å². The number of aliphatic hydroxyl groups is 1. The van der Waals surface area contributed by atoms with Gasteiger partial charge in [0.15, 0.2) is 0 Å². The van der Waals surface area contributed by atoms with Crippen LogP contribution in [0.1, 0.15) is 24.8 Å². The van der Waals surface area contributed by atoms with Gasteiger partial charge in [0, 0.05) is 6.54 Å². The molecule has 1 saturated heterocycles.